The zero-order valence-electron chi connectivity index (χ0n) is 11.3. The number of carbonyl (C=O) groups excluding carboxylic acids is 1. The molecule has 0 saturated heterocycles. The Balaban J connectivity index is 3.07. The molecule has 0 aliphatic heterocycles. The Morgan fingerprint density at radius 3 is 2.47 bits per heavy atom. The van der Waals surface area contributed by atoms with Gasteiger partial charge in [0, 0.05) is 13.5 Å². The third-order valence-corrected chi connectivity index (χ3v) is 2.65. The number of ether oxygens (including phenoxy) is 1. The minimum atomic E-state index is -0.0133. The van der Waals surface area contributed by atoms with Crippen molar-refractivity contribution in [1.29, 1.82) is 0 Å². The average molecular weight is 235 g/mol. The Bertz CT molecular complexity index is 405. The zero-order chi connectivity index (χ0) is 13.1. The Labute approximate surface area is 103 Å². The highest BCUT2D eigenvalue weighted by Crippen LogP contribution is 2.29. The lowest BCUT2D eigenvalue weighted by Gasteiger charge is -2.23. The highest BCUT2D eigenvalue weighted by molar-refractivity contribution is 5.72. The molecule has 0 unspecified atom stereocenters. The Hall–Kier alpha value is -1.51. The number of methoxy groups -OCH3 is 1. The summed E-state index contributed by atoms with van der Waals surface area (Å²) < 4.78 is 5.24. The number of hydrogen-bond acceptors (Lipinski definition) is 2. The topological polar surface area (TPSA) is 38.3 Å². The monoisotopic (exact) mass is 235 g/mol. The first-order valence-electron chi connectivity index (χ1n) is 5.76. The van der Waals surface area contributed by atoms with E-state index in [1.165, 1.54) is 12.5 Å². The van der Waals surface area contributed by atoms with Gasteiger partial charge in [0.1, 0.15) is 5.75 Å². The maximum atomic E-state index is 11.0. The van der Waals surface area contributed by atoms with Gasteiger partial charge >= 0.3 is 0 Å². The van der Waals surface area contributed by atoms with E-state index in [2.05, 4.69) is 26.1 Å². The van der Waals surface area contributed by atoms with E-state index in [9.17, 15) is 4.79 Å². The summed E-state index contributed by atoms with van der Waals surface area (Å²) in [6.07, 6.45) is 0. The molecule has 1 amide bonds. The molecule has 1 rings (SSSR count). The van der Waals surface area contributed by atoms with Crippen molar-refractivity contribution in [3.63, 3.8) is 0 Å². The van der Waals surface area contributed by atoms with E-state index in [0.29, 0.717) is 6.54 Å². The number of nitrogens with one attached hydrogen (secondary N) is 1. The van der Waals surface area contributed by atoms with Gasteiger partial charge in [-0.3, -0.25) is 4.79 Å². The Morgan fingerprint density at radius 1 is 1.35 bits per heavy atom. The molecule has 0 fully saturated rings. The summed E-state index contributed by atoms with van der Waals surface area (Å²) in [5.41, 5.74) is 2.36. The van der Waals surface area contributed by atoms with Crippen LogP contribution in [0.4, 0.5) is 0 Å². The van der Waals surface area contributed by atoms with Crippen molar-refractivity contribution in [1.82, 2.24) is 5.32 Å². The summed E-state index contributed by atoms with van der Waals surface area (Å²) in [5.74, 6) is 0.835. The second-order valence-electron chi connectivity index (χ2n) is 5.18. The van der Waals surface area contributed by atoms with E-state index in [-0.39, 0.29) is 11.3 Å². The van der Waals surface area contributed by atoms with Crippen molar-refractivity contribution in [2.45, 2.75) is 39.7 Å². The normalized spacial score (nSPS) is 11.1. The molecule has 94 valence electrons. The van der Waals surface area contributed by atoms with Crippen molar-refractivity contribution in [2.75, 3.05) is 7.11 Å². The highest BCUT2D eigenvalue weighted by Gasteiger charge is 2.18. The number of hydrogen-bond donors (Lipinski definition) is 1. The molecule has 1 aromatic carbocycles. The first-order valence-corrected chi connectivity index (χ1v) is 5.76. The lowest BCUT2D eigenvalue weighted by molar-refractivity contribution is -0.119. The van der Waals surface area contributed by atoms with Crippen molar-refractivity contribution in [3.8, 4) is 5.75 Å². The maximum absolute atomic E-state index is 11.0. The van der Waals surface area contributed by atoms with E-state index < -0.39 is 0 Å². The fourth-order valence-electron chi connectivity index (χ4n) is 1.75. The van der Waals surface area contributed by atoms with Gasteiger partial charge in [0.25, 0.3) is 0 Å². The second kappa shape index (κ2) is 5.21. The third-order valence-electron chi connectivity index (χ3n) is 2.65. The van der Waals surface area contributed by atoms with E-state index >= 15 is 0 Å². The molecule has 0 saturated carbocycles. The molecular formula is C14H21NO2. The van der Waals surface area contributed by atoms with Crippen molar-refractivity contribution in [3.05, 3.63) is 29.3 Å². The van der Waals surface area contributed by atoms with Gasteiger partial charge in [-0.05, 0) is 28.7 Å². The van der Waals surface area contributed by atoms with Gasteiger partial charge < -0.3 is 10.1 Å². The molecule has 0 heterocycles. The lowest BCUT2D eigenvalue weighted by Crippen LogP contribution is -2.22. The number of amides is 1. The van der Waals surface area contributed by atoms with Crippen LogP contribution in [0.25, 0.3) is 0 Å². The number of benzene rings is 1. The molecule has 3 nitrogen and oxygen atoms in total. The molecule has 0 bridgehead atoms. The SMILES string of the molecule is COc1ccc(CNC(C)=O)c(C(C)(C)C)c1. The smallest absolute Gasteiger partial charge is 0.217 e. The van der Waals surface area contributed by atoms with Crippen LogP contribution in [0.15, 0.2) is 18.2 Å². The molecule has 0 aliphatic carbocycles. The molecule has 1 N–H and O–H groups in total. The number of rotatable bonds is 3. The second-order valence-corrected chi connectivity index (χ2v) is 5.18. The molecule has 0 radical (unpaired) electrons. The largest absolute Gasteiger partial charge is 0.497 e. The minimum Gasteiger partial charge on any atom is -0.497 e. The van der Waals surface area contributed by atoms with Crippen LogP contribution in [0, 0.1) is 0 Å². The molecule has 0 atom stereocenters. The van der Waals surface area contributed by atoms with E-state index in [1.54, 1.807) is 7.11 Å². The van der Waals surface area contributed by atoms with Gasteiger partial charge in [0.2, 0.25) is 5.91 Å². The van der Waals surface area contributed by atoms with Crippen LogP contribution < -0.4 is 10.1 Å². The maximum Gasteiger partial charge on any atom is 0.217 e. The molecule has 0 spiro atoms. The van der Waals surface area contributed by atoms with Gasteiger partial charge in [0.05, 0.1) is 7.11 Å². The lowest BCUT2D eigenvalue weighted by atomic mass is 9.83. The van der Waals surface area contributed by atoms with Crippen LogP contribution in [0.2, 0.25) is 0 Å². The Morgan fingerprint density at radius 2 is 2.00 bits per heavy atom. The van der Waals surface area contributed by atoms with E-state index in [0.717, 1.165) is 11.3 Å². The van der Waals surface area contributed by atoms with Crippen molar-refractivity contribution in [2.24, 2.45) is 0 Å². The molecule has 0 aromatic heterocycles. The van der Waals surface area contributed by atoms with Crippen LogP contribution >= 0.6 is 0 Å². The van der Waals surface area contributed by atoms with Crippen LogP contribution in [0.1, 0.15) is 38.8 Å². The van der Waals surface area contributed by atoms with E-state index in [4.69, 9.17) is 4.74 Å². The standard InChI is InChI=1S/C14H21NO2/c1-10(16)15-9-11-6-7-12(17-5)8-13(11)14(2,3)4/h6-8H,9H2,1-5H3,(H,15,16). The van der Waals surface area contributed by atoms with Gasteiger partial charge in [-0.15, -0.1) is 0 Å². The van der Waals surface area contributed by atoms with Gasteiger partial charge in [-0.2, -0.15) is 0 Å². The predicted molar refractivity (Wildman–Crippen MR) is 69.2 cm³/mol. The predicted octanol–water partition coefficient (Wildman–Crippen LogP) is 2.63. The molecule has 0 aliphatic rings. The molecule has 17 heavy (non-hydrogen) atoms. The summed E-state index contributed by atoms with van der Waals surface area (Å²) in [6, 6.07) is 5.97. The van der Waals surface area contributed by atoms with Crippen LogP contribution in [-0.2, 0) is 16.8 Å². The van der Waals surface area contributed by atoms with Crippen LogP contribution in [0.3, 0.4) is 0 Å². The van der Waals surface area contributed by atoms with Crippen molar-refractivity contribution < 1.29 is 9.53 Å². The average Bonchev–Trinajstić information content (AvgIpc) is 2.24. The summed E-state index contributed by atoms with van der Waals surface area (Å²) >= 11 is 0. The minimum absolute atomic E-state index is 0.0133. The first-order chi connectivity index (χ1) is 7.84. The third kappa shape index (κ3) is 3.77. The summed E-state index contributed by atoms with van der Waals surface area (Å²) in [4.78, 5) is 11.0. The summed E-state index contributed by atoms with van der Waals surface area (Å²) in [7, 11) is 1.66. The number of carbonyl (C=O) groups is 1. The molecular weight excluding hydrogens is 214 g/mol. The van der Waals surface area contributed by atoms with Crippen molar-refractivity contribution >= 4 is 5.91 Å². The fraction of sp³-hybridized carbons (Fsp3) is 0.500. The van der Waals surface area contributed by atoms with E-state index in [1.807, 2.05) is 18.2 Å². The molecule has 3 heteroatoms. The first kappa shape index (κ1) is 13.6. The van der Waals surface area contributed by atoms with Crippen LogP contribution in [-0.4, -0.2) is 13.0 Å². The molecule has 1 aromatic rings. The zero-order valence-corrected chi connectivity index (χ0v) is 11.3. The quantitative estimate of drug-likeness (QED) is 0.874. The Kier molecular flexibility index (Phi) is 4.16. The summed E-state index contributed by atoms with van der Waals surface area (Å²) in [5, 5.41) is 2.83. The van der Waals surface area contributed by atoms with Gasteiger partial charge in [0.15, 0.2) is 0 Å². The van der Waals surface area contributed by atoms with Crippen LogP contribution in [0.5, 0.6) is 5.75 Å². The van der Waals surface area contributed by atoms with Gasteiger partial charge in [-0.1, -0.05) is 26.8 Å². The summed E-state index contributed by atoms with van der Waals surface area (Å²) in [6.45, 7) is 8.54. The van der Waals surface area contributed by atoms with Gasteiger partial charge in [-0.25, -0.2) is 0 Å². The fourth-order valence-corrected chi connectivity index (χ4v) is 1.75. The highest BCUT2D eigenvalue weighted by atomic mass is 16.5.